The van der Waals surface area contributed by atoms with Gasteiger partial charge in [0, 0.05) is 24.2 Å². The molecular formula is C19H22N6OS. The summed E-state index contributed by atoms with van der Waals surface area (Å²) in [6, 6.07) is 14.1. The van der Waals surface area contributed by atoms with E-state index in [-0.39, 0.29) is 5.91 Å². The molecule has 2 N–H and O–H groups in total. The van der Waals surface area contributed by atoms with Gasteiger partial charge in [0.1, 0.15) is 0 Å². The summed E-state index contributed by atoms with van der Waals surface area (Å²) >= 11 is 1.73. The van der Waals surface area contributed by atoms with Gasteiger partial charge in [-0.15, -0.1) is 16.9 Å². The van der Waals surface area contributed by atoms with Crippen molar-refractivity contribution in [3.63, 3.8) is 0 Å². The molecule has 2 aromatic heterocycles. The fraction of sp³-hybridized carbons (Fsp3) is 0.263. The van der Waals surface area contributed by atoms with Crippen molar-refractivity contribution >= 4 is 17.7 Å². The lowest BCUT2D eigenvalue weighted by atomic mass is 10.2. The highest BCUT2D eigenvalue weighted by atomic mass is 32.2. The summed E-state index contributed by atoms with van der Waals surface area (Å²) in [5, 5.41) is 14.1. The summed E-state index contributed by atoms with van der Waals surface area (Å²) in [5.74, 6) is -0.256. The Labute approximate surface area is 162 Å². The number of rotatable bonds is 9. The average molecular weight is 382 g/mol. The lowest BCUT2D eigenvalue weighted by Crippen LogP contribution is -2.23. The van der Waals surface area contributed by atoms with E-state index in [1.54, 1.807) is 28.8 Å². The molecule has 3 aromatic rings. The number of thioether (sulfide) groups is 1. The Balaban J connectivity index is 1.40. The molecule has 8 heteroatoms. The Bertz CT molecular complexity index is 850. The van der Waals surface area contributed by atoms with Gasteiger partial charge in [0.25, 0.3) is 5.91 Å². The van der Waals surface area contributed by atoms with Crippen molar-refractivity contribution in [1.82, 2.24) is 30.6 Å². The fourth-order valence-corrected chi connectivity index (χ4v) is 2.85. The van der Waals surface area contributed by atoms with Gasteiger partial charge in [0.05, 0.1) is 25.0 Å². The molecule has 0 saturated heterocycles. The predicted octanol–water partition coefficient (Wildman–Crippen LogP) is 2.11. The molecule has 140 valence electrons. The van der Waals surface area contributed by atoms with Gasteiger partial charge in [0.2, 0.25) is 0 Å². The molecule has 0 spiro atoms. The second-order valence-electron chi connectivity index (χ2n) is 5.90. The van der Waals surface area contributed by atoms with Crippen LogP contribution in [0.4, 0.5) is 0 Å². The van der Waals surface area contributed by atoms with E-state index in [2.05, 4.69) is 56.5 Å². The van der Waals surface area contributed by atoms with Crippen LogP contribution in [-0.4, -0.2) is 38.7 Å². The van der Waals surface area contributed by atoms with Crippen LogP contribution in [0.5, 0.6) is 0 Å². The highest BCUT2D eigenvalue weighted by Crippen LogP contribution is 2.14. The molecule has 0 saturated carbocycles. The topological polar surface area (TPSA) is 84.7 Å². The minimum atomic E-state index is -0.256. The van der Waals surface area contributed by atoms with Crippen molar-refractivity contribution < 1.29 is 4.79 Å². The van der Waals surface area contributed by atoms with Gasteiger partial charge >= 0.3 is 0 Å². The lowest BCUT2D eigenvalue weighted by molar-refractivity contribution is 0.0945. The smallest absolute Gasteiger partial charge is 0.273 e. The molecule has 0 unspecified atom stereocenters. The molecule has 0 radical (unpaired) electrons. The first-order chi connectivity index (χ1) is 13.2. The summed E-state index contributed by atoms with van der Waals surface area (Å²) in [6.45, 7) is 2.54. The molecular weight excluding hydrogens is 360 g/mol. The lowest BCUT2D eigenvalue weighted by Gasteiger charge is -2.05. The number of hydrogen-bond donors (Lipinski definition) is 2. The maximum absolute atomic E-state index is 12.1. The van der Waals surface area contributed by atoms with Crippen molar-refractivity contribution in [3.05, 3.63) is 71.8 Å². The summed E-state index contributed by atoms with van der Waals surface area (Å²) in [6.07, 6.45) is 5.42. The Morgan fingerprint density at radius 1 is 1.15 bits per heavy atom. The number of aromatic nitrogens is 4. The number of hydrogen-bond acceptors (Lipinski definition) is 6. The number of nitrogens with zero attached hydrogens (tertiary/aromatic N) is 4. The molecule has 0 atom stereocenters. The van der Waals surface area contributed by atoms with Crippen LogP contribution < -0.4 is 10.6 Å². The maximum atomic E-state index is 12.1. The number of carbonyl (C=O) groups excluding carboxylic acids is 1. The van der Waals surface area contributed by atoms with Crippen molar-refractivity contribution in [2.45, 2.75) is 24.5 Å². The van der Waals surface area contributed by atoms with E-state index in [1.165, 1.54) is 10.5 Å². The third kappa shape index (κ3) is 5.90. The first-order valence-electron chi connectivity index (χ1n) is 8.66. The normalized spacial score (nSPS) is 10.7. The van der Waals surface area contributed by atoms with Gasteiger partial charge in [-0.1, -0.05) is 23.4 Å². The fourth-order valence-electron chi connectivity index (χ4n) is 2.45. The summed E-state index contributed by atoms with van der Waals surface area (Å²) in [5.41, 5.74) is 2.34. The van der Waals surface area contributed by atoms with Gasteiger partial charge in [-0.2, -0.15) is 0 Å². The summed E-state index contributed by atoms with van der Waals surface area (Å²) in [7, 11) is 0. The monoisotopic (exact) mass is 382 g/mol. The number of pyridine rings is 1. The van der Waals surface area contributed by atoms with Crippen molar-refractivity contribution in [2.75, 3.05) is 12.8 Å². The zero-order valence-electron chi connectivity index (χ0n) is 15.1. The molecule has 0 aliphatic rings. The Morgan fingerprint density at radius 3 is 2.74 bits per heavy atom. The van der Waals surface area contributed by atoms with E-state index in [0.717, 1.165) is 18.8 Å². The van der Waals surface area contributed by atoms with Crippen molar-refractivity contribution in [2.24, 2.45) is 0 Å². The molecule has 3 rings (SSSR count). The van der Waals surface area contributed by atoms with E-state index in [0.29, 0.717) is 18.8 Å². The van der Waals surface area contributed by atoms with E-state index in [1.807, 2.05) is 18.2 Å². The number of carbonyl (C=O) groups is 1. The van der Waals surface area contributed by atoms with Crippen molar-refractivity contribution in [3.8, 4) is 0 Å². The zero-order chi connectivity index (χ0) is 18.9. The van der Waals surface area contributed by atoms with Crippen LogP contribution in [0.3, 0.4) is 0 Å². The third-order valence-corrected chi connectivity index (χ3v) is 4.68. The number of amides is 1. The van der Waals surface area contributed by atoms with Crippen LogP contribution in [0.25, 0.3) is 0 Å². The molecule has 2 heterocycles. The second kappa shape index (κ2) is 9.84. The highest BCUT2D eigenvalue weighted by molar-refractivity contribution is 7.98. The molecule has 0 fully saturated rings. The van der Waals surface area contributed by atoms with Gasteiger partial charge < -0.3 is 10.6 Å². The quantitative estimate of drug-likeness (QED) is 0.436. The predicted molar refractivity (Wildman–Crippen MR) is 105 cm³/mol. The first-order valence-corrected chi connectivity index (χ1v) is 9.89. The van der Waals surface area contributed by atoms with Crippen LogP contribution >= 0.6 is 11.8 Å². The average Bonchev–Trinajstić information content (AvgIpc) is 3.20. The largest absolute Gasteiger partial charge is 0.345 e. The third-order valence-electron chi connectivity index (χ3n) is 3.93. The standard InChI is InChI=1S/C19H22N6OS/c1-27-17-7-5-15(6-8-17)12-20-10-11-25-14-18(23-24-25)19(26)22-13-16-4-2-3-9-21-16/h2-9,14,20H,10-13H2,1H3,(H,22,26). The summed E-state index contributed by atoms with van der Waals surface area (Å²) < 4.78 is 1.67. The SMILES string of the molecule is CSc1ccc(CNCCn2cc(C(=O)NCc3ccccn3)nn2)cc1. The molecule has 0 bridgehead atoms. The molecule has 0 aliphatic heterocycles. The van der Waals surface area contributed by atoms with Crippen molar-refractivity contribution in [1.29, 1.82) is 0 Å². The number of nitrogens with one attached hydrogen (secondary N) is 2. The molecule has 1 amide bonds. The van der Waals surface area contributed by atoms with Gasteiger partial charge in [-0.3, -0.25) is 14.5 Å². The van der Waals surface area contributed by atoms with Crippen LogP contribution in [0.1, 0.15) is 21.7 Å². The van der Waals surface area contributed by atoms with Crippen LogP contribution in [0.15, 0.2) is 59.8 Å². The van der Waals surface area contributed by atoms with Crippen LogP contribution in [0, 0.1) is 0 Å². The minimum absolute atomic E-state index is 0.256. The zero-order valence-corrected chi connectivity index (χ0v) is 15.9. The molecule has 7 nitrogen and oxygen atoms in total. The van der Waals surface area contributed by atoms with E-state index >= 15 is 0 Å². The van der Waals surface area contributed by atoms with E-state index in [4.69, 9.17) is 0 Å². The molecule has 1 aromatic carbocycles. The Morgan fingerprint density at radius 2 is 2.00 bits per heavy atom. The minimum Gasteiger partial charge on any atom is -0.345 e. The summed E-state index contributed by atoms with van der Waals surface area (Å²) in [4.78, 5) is 17.6. The Kier molecular flexibility index (Phi) is 6.95. The highest BCUT2D eigenvalue weighted by Gasteiger charge is 2.10. The van der Waals surface area contributed by atoms with E-state index in [9.17, 15) is 4.79 Å². The Hall–Kier alpha value is -2.71. The van der Waals surface area contributed by atoms with Crippen LogP contribution in [0.2, 0.25) is 0 Å². The first kappa shape index (κ1) is 19.1. The molecule has 0 aliphatic carbocycles. The van der Waals surface area contributed by atoms with Gasteiger partial charge in [-0.25, -0.2) is 0 Å². The number of benzene rings is 1. The van der Waals surface area contributed by atoms with Gasteiger partial charge in [-0.05, 0) is 36.1 Å². The van der Waals surface area contributed by atoms with E-state index < -0.39 is 0 Å². The van der Waals surface area contributed by atoms with Gasteiger partial charge in [0.15, 0.2) is 5.69 Å². The second-order valence-corrected chi connectivity index (χ2v) is 6.78. The molecule has 27 heavy (non-hydrogen) atoms. The van der Waals surface area contributed by atoms with Crippen LogP contribution in [-0.2, 0) is 19.6 Å². The maximum Gasteiger partial charge on any atom is 0.273 e.